The number of carbonyl (C=O) groups excluding carboxylic acids is 1. The number of hydroxylamine groups is 1. The second-order valence-electron chi connectivity index (χ2n) is 5.51. The van der Waals surface area contributed by atoms with Crippen LogP contribution in [0.25, 0.3) is 0 Å². The Balaban J connectivity index is 1.52. The molecule has 0 aliphatic rings. The maximum atomic E-state index is 12.2. The maximum Gasteiger partial charge on any atom is 0.274 e. The molecule has 1 amide bonds. The molecular weight excluding hydrogens is 314 g/mol. The molecule has 3 rings (SSSR count). The van der Waals surface area contributed by atoms with E-state index in [1.54, 1.807) is 18.2 Å². The summed E-state index contributed by atoms with van der Waals surface area (Å²) in [6, 6.07) is 26.6. The molecule has 0 bridgehead atoms. The average Bonchev–Trinajstić information content (AvgIpc) is 2.68. The van der Waals surface area contributed by atoms with Crippen LogP contribution in [0.2, 0.25) is 0 Å². The number of hydrogen-bond donors (Lipinski definition) is 1. The Morgan fingerprint density at radius 1 is 0.760 bits per heavy atom. The Labute approximate surface area is 147 Å². The number of hydrogen-bond acceptors (Lipinski definition) is 3. The molecule has 126 valence electrons. The standard InChI is InChI=1S/C21H19NO3/c23-21(22-25-16-18-10-5-2-6-11-18)19-12-7-13-20(14-19)24-15-17-8-3-1-4-9-17/h1-14H,15-16H2,(H,22,23). The molecule has 0 unspecified atom stereocenters. The van der Waals surface area contributed by atoms with Crippen LogP contribution >= 0.6 is 0 Å². The zero-order valence-corrected chi connectivity index (χ0v) is 13.7. The first kappa shape index (κ1) is 16.7. The highest BCUT2D eigenvalue weighted by Gasteiger charge is 2.07. The molecule has 4 heteroatoms. The minimum atomic E-state index is -0.305. The van der Waals surface area contributed by atoms with Gasteiger partial charge in [0.25, 0.3) is 5.91 Å². The zero-order valence-electron chi connectivity index (χ0n) is 13.7. The van der Waals surface area contributed by atoms with E-state index in [-0.39, 0.29) is 5.91 Å². The second-order valence-corrected chi connectivity index (χ2v) is 5.51. The van der Waals surface area contributed by atoms with Crippen molar-refractivity contribution in [3.8, 4) is 5.75 Å². The quantitative estimate of drug-likeness (QED) is 0.662. The van der Waals surface area contributed by atoms with E-state index in [0.717, 1.165) is 11.1 Å². The molecule has 0 fully saturated rings. The molecule has 25 heavy (non-hydrogen) atoms. The van der Waals surface area contributed by atoms with Crippen LogP contribution < -0.4 is 10.2 Å². The van der Waals surface area contributed by atoms with Gasteiger partial charge in [0, 0.05) is 5.56 Å². The molecule has 0 aromatic heterocycles. The van der Waals surface area contributed by atoms with Gasteiger partial charge in [-0.15, -0.1) is 0 Å². The summed E-state index contributed by atoms with van der Waals surface area (Å²) < 4.78 is 5.74. The van der Waals surface area contributed by atoms with Crippen molar-refractivity contribution >= 4 is 5.91 Å². The van der Waals surface area contributed by atoms with E-state index in [2.05, 4.69) is 5.48 Å². The van der Waals surface area contributed by atoms with Crippen molar-refractivity contribution in [2.75, 3.05) is 0 Å². The number of rotatable bonds is 7. The Hall–Kier alpha value is -3.11. The van der Waals surface area contributed by atoms with Crippen molar-refractivity contribution in [1.82, 2.24) is 5.48 Å². The fraction of sp³-hybridized carbons (Fsp3) is 0.0952. The average molecular weight is 333 g/mol. The van der Waals surface area contributed by atoms with Gasteiger partial charge in [-0.1, -0.05) is 66.7 Å². The van der Waals surface area contributed by atoms with E-state index in [1.165, 1.54) is 0 Å². The Morgan fingerprint density at radius 3 is 2.08 bits per heavy atom. The third-order valence-electron chi connectivity index (χ3n) is 3.59. The van der Waals surface area contributed by atoms with Crippen LogP contribution in [0.15, 0.2) is 84.9 Å². The Morgan fingerprint density at radius 2 is 1.40 bits per heavy atom. The minimum Gasteiger partial charge on any atom is -0.489 e. The summed E-state index contributed by atoms with van der Waals surface area (Å²) in [6.07, 6.45) is 0. The minimum absolute atomic E-state index is 0.305. The molecule has 1 N–H and O–H groups in total. The molecule has 3 aromatic rings. The molecule has 0 atom stereocenters. The molecule has 0 spiro atoms. The lowest BCUT2D eigenvalue weighted by atomic mass is 10.2. The van der Waals surface area contributed by atoms with E-state index in [0.29, 0.717) is 24.5 Å². The summed E-state index contributed by atoms with van der Waals surface area (Å²) in [5, 5.41) is 0. The Kier molecular flexibility index (Phi) is 5.80. The molecule has 0 saturated carbocycles. The van der Waals surface area contributed by atoms with E-state index in [9.17, 15) is 4.79 Å². The first-order valence-electron chi connectivity index (χ1n) is 8.04. The van der Waals surface area contributed by atoms with Gasteiger partial charge in [0.15, 0.2) is 0 Å². The maximum absolute atomic E-state index is 12.2. The van der Waals surface area contributed by atoms with Crippen molar-refractivity contribution in [1.29, 1.82) is 0 Å². The third-order valence-corrected chi connectivity index (χ3v) is 3.59. The molecule has 0 saturated heterocycles. The summed E-state index contributed by atoms with van der Waals surface area (Å²) in [5.74, 6) is 0.334. The van der Waals surface area contributed by atoms with Crippen LogP contribution in [0, 0.1) is 0 Å². The first-order valence-corrected chi connectivity index (χ1v) is 8.04. The van der Waals surface area contributed by atoms with Gasteiger partial charge in [-0.05, 0) is 29.3 Å². The smallest absolute Gasteiger partial charge is 0.274 e. The molecule has 0 radical (unpaired) electrons. The molecule has 0 aliphatic heterocycles. The lowest BCUT2D eigenvalue weighted by molar-refractivity contribution is 0.0233. The van der Waals surface area contributed by atoms with Crippen LogP contribution in [-0.4, -0.2) is 5.91 Å². The molecule has 4 nitrogen and oxygen atoms in total. The summed E-state index contributed by atoms with van der Waals surface area (Å²) in [5.41, 5.74) is 5.00. The number of amides is 1. The molecule has 0 aliphatic carbocycles. The highest BCUT2D eigenvalue weighted by Crippen LogP contribution is 2.15. The van der Waals surface area contributed by atoms with Gasteiger partial charge in [-0.3, -0.25) is 9.63 Å². The van der Waals surface area contributed by atoms with Crippen LogP contribution in [0.1, 0.15) is 21.5 Å². The highest BCUT2D eigenvalue weighted by atomic mass is 16.6. The zero-order chi connectivity index (χ0) is 17.3. The summed E-state index contributed by atoms with van der Waals surface area (Å²) in [4.78, 5) is 17.4. The van der Waals surface area contributed by atoms with E-state index >= 15 is 0 Å². The second kappa shape index (κ2) is 8.66. The van der Waals surface area contributed by atoms with Gasteiger partial charge < -0.3 is 4.74 Å². The predicted octanol–water partition coefficient (Wildman–Crippen LogP) is 4.13. The van der Waals surface area contributed by atoms with Gasteiger partial charge in [-0.25, -0.2) is 5.48 Å². The summed E-state index contributed by atoms with van der Waals surface area (Å²) in [6.45, 7) is 0.771. The monoisotopic (exact) mass is 333 g/mol. The predicted molar refractivity (Wildman–Crippen MR) is 95.9 cm³/mol. The van der Waals surface area contributed by atoms with Gasteiger partial charge in [0.05, 0.1) is 6.61 Å². The number of benzene rings is 3. The Bertz CT molecular complexity index is 804. The van der Waals surface area contributed by atoms with Crippen molar-refractivity contribution in [3.05, 3.63) is 102 Å². The van der Waals surface area contributed by atoms with Gasteiger partial charge in [0.2, 0.25) is 0 Å². The van der Waals surface area contributed by atoms with E-state index in [4.69, 9.17) is 9.57 Å². The van der Waals surface area contributed by atoms with Crippen LogP contribution in [0.3, 0.4) is 0 Å². The first-order chi connectivity index (χ1) is 12.3. The number of nitrogens with one attached hydrogen (secondary N) is 1. The van der Waals surface area contributed by atoms with Crippen molar-refractivity contribution < 1.29 is 14.4 Å². The number of carbonyl (C=O) groups is 1. The lowest BCUT2D eigenvalue weighted by Gasteiger charge is -2.09. The fourth-order valence-corrected chi connectivity index (χ4v) is 2.29. The van der Waals surface area contributed by atoms with Crippen LogP contribution in [-0.2, 0) is 18.1 Å². The molecule has 0 heterocycles. The van der Waals surface area contributed by atoms with Crippen molar-refractivity contribution in [2.24, 2.45) is 0 Å². The largest absolute Gasteiger partial charge is 0.489 e. The molecule has 3 aromatic carbocycles. The topological polar surface area (TPSA) is 47.6 Å². The van der Waals surface area contributed by atoms with E-state index < -0.39 is 0 Å². The van der Waals surface area contributed by atoms with Crippen molar-refractivity contribution in [3.63, 3.8) is 0 Å². The van der Waals surface area contributed by atoms with Gasteiger partial charge >= 0.3 is 0 Å². The molecular formula is C21H19NO3. The van der Waals surface area contributed by atoms with Gasteiger partial charge in [-0.2, -0.15) is 0 Å². The highest BCUT2D eigenvalue weighted by molar-refractivity contribution is 5.93. The van der Waals surface area contributed by atoms with Crippen molar-refractivity contribution in [2.45, 2.75) is 13.2 Å². The van der Waals surface area contributed by atoms with Crippen LogP contribution in [0.4, 0.5) is 0 Å². The normalized spacial score (nSPS) is 10.2. The van der Waals surface area contributed by atoms with Gasteiger partial charge in [0.1, 0.15) is 12.4 Å². The third kappa shape index (κ3) is 5.19. The lowest BCUT2D eigenvalue weighted by Crippen LogP contribution is -2.23. The SMILES string of the molecule is O=C(NOCc1ccccc1)c1cccc(OCc2ccccc2)c1. The number of ether oxygens (including phenoxy) is 1. The fourth-order valence-electron chi connectivity index (χ4n) is 2.29. The summed E-state index contributed by atoms with van der Waals surface area (Å²) >= 11 is 0. The summed E-state index contributed by atoms with van der Waals surface area (Å²) in [7, 11) is 0. The van der Waals surface area contributed by atoms with Crippen LogP contribution in [0.5, 0.6) is 5.75 Å². The van der Waals surface area contributed by atoms with E-state index in [1.807, 2.05) is 66.7 Å².